The van der Waals surface area contributed by atoms with Crippen molar-refractivity contribution >= 4 is 22.7 Å². The fourth-order valence-corrected chi connectivity index (χ4v) is 2.55. The fourth-order valence-electron chi connectivity index (χ4n) is 2.55. The Balaban J connectivity index is 1.79. The lowest BCUT2D eigenvalue weighted by Crippen LogP contribution is -2.42. The predicted molar refractivity (Wildman–Crippen MR) is 94.4 cm³/mol. The predicted octanol–water partition coefficient (Wildman–Crippen LogP) is 2.77. The Hall–Kier alpha value is -3.48. The van der Waals surface area contributed by atoms with Crippen molar-refractivity contribution in [1.82, 2.24) is 15.8 Å². The number of benzene rings is 2. The summed E-state index contributed by atoms with van der Waals surface area (Å²) >= 11 is 0. The number of hydrogen-bond acceptors (Lipinski definition) is 4. The molecule has 0 saturated heterocycles. The summed E-state index contributed by atoms with van der Waals surface area (Å²) in [5.74, 6) is -1.10. The molecule has 2 aromatic carbocycles. The number of hydrazine groups is 1. The van der Waals surface area contributed by atoms with E-state index in [9.17, 15) is 14.0 Å². The lowest BCUT2D eigenvalue weighted by atomic mass is 10.1. The van der Waals surface area contributed by atoms with Gasteiger partial charge in [-0.15, -0.1) is 0 Å². The van der Waals surface area contributed by atoms with Crippen LogP contribution in [0.4, 0.5) is 4.39 Å². The van der Waals surface area contributed by atoms with Crippen LogP contribution in [0.2, 0.25) is 0 Å². The van der Waals surface area contributed by atoms with E-state index in [2.05, 4.69) is 15.8 Å². The Morgan fingerprint density at radius 1 is 1.00 bits per heavy atom. The first kappa shape index (κ1) is 17.3. The van der Waals surface area contributed by atoms with Gasteiger partial charge < -0.3 is 4.74 Å². The lowest BCUT2D eigenvalue weighted by molar-refractivity contribution is 0.0844. The van der Waals surface area contributed by atoms with E-state index < -0.39 is 17.6 Å². The van der Waals surface area contributed by atoms with E-state index in [4.69, 9.17) is 4.74 Å². The summed E-state index contributed by atoms with van der Waals surface area (Å²) in [6.07, 6.45) is 0. The Labute approximate surface area is 149 Å². The molecule has 0 atom stereocenters. The van der Waals surface area contributed by atoms with Crippen molar-refractivity contribution in [2.75, 3.05) is 7.11 Å². The van der Waals surface area contributed by atoms with Gasteiger partial charge in [-0.2, -0.15) is 0 Å². The van der Waals surface area contributed by atoms with E-state index in [1.807, 2.05) is 0 Å². The Morgan fingerprint density at radius 2 is 1.69 bits per heavy atom. The van der Waals surface area contributed by atoms with E-state index in [1.54, 1.807) is 37.3 Å². The van der Waals surface area contributed by atoms with Crippen LogP contribution < -0.4 is 15.6 Å². The molecule has 3 aromatic rings. The highest BCUT2D eigenvalue weighted by Gasteiger charge is 2.15. The first-order valence-corrected chi connectivity index (χ1v) is 7.80. The van der Waals surface area contributed by atoms with Gasteiger partial charge in [0, 0.05) is 5.39 Å². The van der Waals surface area contributed by atoms with Crippen LogP contribution in [0.3, 0.4) is 0 Å². The number of para-hydroxylation sites is 1. The van der Waals surface area contributed by atoms with E-state index in [1.165, 1.54) is 25.3 Å². The molecule has 1 heterocycles. The molecule has 2 N–H and O–H groups in total. The highest BCUT2D eigenvalue weighted by atomic mass is 19.1. The van der Waals surface area contributed by atoms with Gasteiger partial charge in [-0.1, -0.05) is 12.1 Å². The zero-order chi connectivity index (χ0) is 18.7. The van der Waals surface area contributed by atoms with Gasteiger partial charge in [-0.3, -0.25) is 25.4 Å². The van der Waals surface area contributed by atoms with E-state index in [-0.39, 0.29) is 11.1 Å². The molecular formula is C19H16FN3O3. The lowest BCUT2D eigenvalue weighted by Gasteiger charge is -2.11. The van der Waals surface area contributed by atoms with Crippen molar-refractivity contribution in [3.8, 4) is 5.75 Å². The average Bonchev–Trinajstić information content (AvgIpc) is 2.65. The summed E-state index contributed by atoms with van der Waals surface area (Å²) in [6, 6.07) is 12.3. The van der Waals surface area contributed by atoms with Gasteiger partial charge in [0.2, 0.25) is 0 Å². The summed E-state index contributed by atoms with van der Waals surface area (Å²) in [6.45, 7) is 1.67. The molecule has 3 rings (SSSR count). The van der Waals surface area contributed by atoms with Crippen molar-refractivity contribution < 1.29 is 18.7 Å². The number of aromatic nitrogens is 1. The fraction of sp³-hybridized carbons (Fsp3) is 0.105. The maximum absolute atomic E-state index is 13.4. The van der Waals surface area contributed by atoms with E-state index >= 15 is 0 Å². The molecule has 0 radical (unpaired) electrons. The molecule has 2 amide bonds. The molecule has 0 aliphatic heterocycles. The molecule has 0 aliphatic rings. The molecule has 7 heteroatoms. The number of ether oxygens (including phenoxy) is 1. The number of carbonyl (C=O) groups excluding carboxylic acids is 2. The van der Waals surface area contributed by atoms with Gasteiger partial charge in [-0.05, 0) is 43.3 Å². The van der Waals surface area contributed by atoms with Crippen molar-refractivity contribution in [1.29, 1.82) is 0 Å². The molecule has 0 aliphatic carbocycles. The van der Waals surface area contributed by atoms with Gasteiger partial charge >= 0.3 is 0 Å². The number of fused-ring (bicyclic) bond motifs is 1. The third kappa shape index (κ3) is 3.46. The van der Waals surface area contributed by atoms with Crippen molar-refractivity contribution in [2.45, 2.75) is 6.92 Å². The zero-order valence-electron chi connectivity index (χ0n) is 14.2. The van der Waals surface area contributed by atoms with Crippen LogP contribution in [0.1, 0.15) is 26.4 Å². The van der Waals surface area contributed by atoms with Crippen molar-refractivity contribution in [3.05, 3.63) is 71.2 Å². The minimum absolute atomic E-state index is 0.239. The molecule has 1 aromatic heterocycles. The maximum atomic E-state index is 13.4. The van der Waals surface area contributed by atoms with Crippen molar-refractivity contribution in [2.24, 2.45) is 0 Å². The number of halogens is 1. The van der Waals surface area contributed by atoms with Gasteiger partial charge in [0.25, 0.3) is 11.8 Å². The van der Waals surface area contributed by atoms with Gasteiger partial charge in [-0.25, -0.2) is 4.39 Å². The number of nitrogens with one attached hydrogen (secondary N) is 2. The summed E-state index contributed by atoms with van der Waals surface area (Å²) in [5, 5.41) is 0.497. The second-order valence-electron chi connectivity index (χ2n) is 5.57. The number of methoxy groups -OCH3 is 1. The SMILES string of the molecule is COc1ccccc1C(=O)NNC(=O)c1cc2cc(F)ccc2nc1C. The third-order valence-electron chi connectivity index (χ3n) is 3.85. The standard InChI is InChI=1S/C19H16FN3O3/c1-11-15(10-12-9-13(20)7-8-16(12)21-11)19(25)23-22-18(24)14-5-3-4-6-17(14)26-2/h3-10H,1-2H3,(H,22,24)(H,23,25). The number of pyridine rings is 1. The number of amides is 2. The minimum atomic E-state index is -0.551. The number of rotatable bonds is 3. The molecule has 0 bridgehead atoms. The number of aryl methyl sites for hydroxylation is 1. The first-order valence-electron chi connectivity index (χ1n) is 7.80. The number of nitrogens with zero attached hydrogens (tertiary/aromatic N) is 1. The summed E-state index contributed by atoms with van der Waals surface area (Å²) in [7, 11) is 1.45. The van der Waals surface area contributed by atoms with Crippen LogP contribution in [0.15, 0.2) is 48.5 Å². The Bertz CT molecular complexity index is 1000. The van der Waals surface area contributed by atoms with Gasteiger partial charge in [0.05, 0.1) is 29.4 Å². The first-order chi connectivity index (χ1) is 12.5. The van der Waals surface area contributed by atoms with Crippen LogP contribution in [-0.4, -0.2) is 23.9 Å². The summed E-state index contributed by atoms with van der Waals surface area (Å²) in [5.41, 5.74) is 6.25. The van der Waals surface area contributed by atoms with E-state index in [0.29, 0.717) is 22.3 Å². The minimum Gasteiger partial charge on any atom is -0.496 e. The molecule has 132 valence electrons. The highest BCUT2D eigenvalue weighted by molar-refractivity contribution is 6.02. The molecule has 0 spiro atoms. The molecular weight excluding hydrogens is 337 g/mol. The number of hydrogen-bond donors (Lipinski definition) is 2. The molecule has 0 saturated carbocycles. The third-order valence-corrected chi connectivity index (χ3v) is 3.85. The number of carbonyl (C=O) groups is 2. The Kier molecular flexibility index (Phi) is 4.79. The van der Waals surface area contributed by atoms with Crippen LogP contribution in [0, 0.1) is 12.7 Å². The monoisotopic (exact) mass is 353 g/mol. The van der Waals surface area contributed by atoms with Gasteiger partial charge in [0.1, 0.15) is 11.6 Å². The second-order valence-corrected chi connectivity index (χ2v) is 5.57. The summed E-state index contributed by atoms with van der Waals surface area (Å²) < 4.78 is 18.5. The Morgan fingerprint density at radius 3 is 2.42 bits per heavy atom. The normalized spacial score (nSPS) is 10.4. The van der Waals surface area contributed by atoms with Crippen LogP contribution in [0.25, 0.3) is 10.9 Å². The molecule has 6 nitrogen and oxygen atoms in total. The average molecular weight is 353 g/mol. The van der Waals surface area contributed by atoms with Crippen molar-refractivity contribution in [3.63, 3.8) is 0 Å². The summed E-state index contributed by atoms with van der Waals surface area (Å²) in [4.78, 5) is 28.9. The zero-order valence-corrected chi connectivity index (χ0v) is 14.2. The smallest absolute Gasteiger partial charge is 0.273 e. The maximum Gasteiger partial charge on any atom is 0.273 e. The van der Waals surface area contributed by atoms with Crippen LogP contribution in [0.5, 0.6) is 5.75 Å². The van der Waals surface area contributed by atoms with Gasteiger partial charge in [0.15, 0.2) is 0 Å². The quantitative estimate of drug-likeness (QED) is 0.710. The molecule has 26 heavy (non-hydrogen) atoms. The van der Waals surface area contributed by atoms with Crippen LogP contribution in [-0.2, 0) is 0 Å². The van der Waals surface area contributed by atoms with E-state index in [0.717, 1.165) is 0 Å². The topological polar surface area (TPSA) is 80.3 Å². The van der Waals surface area contributed by atoms with Crippen LogP contribution >= 0.6 is 0 Å². The molecule has 0 fully saturated rings. The largest absolute Gasteiger partial charge is 0.496 e. The highest BCUT2D eigenvalue weighted by Crippen LogP contribution is 2.18. The molecule has 0 unspecified atom stereocenters. The second kappa shape index (κ2) is 7.18.